The summed E-state index contributed by atoms with van der Waals surface area (Å²) in [7, 11) is 0. The maximum Gasteiger partial charge on any atom is 0.319 e. The lowest BCUT2D eigenvalue weighted by molar-refractivity contribution is -0.133. The van der Waals surface area contributed by atoms with Crippen molar-refractivity contribution in [1.29, 1.82) is 0 Å². The highest BCUT2D eigenvalue weighted by molar-refractivity contribution is 6.07. The Hall–Kier alpha value is -8.64. The number of aryl methyl sites for hydroxylation is 2. The number of amides is 3. The van der Waals surface area contributed by atoms with Gasteiger partial charge in [0.15, 0.2) is 11.6 Å². The highest BCUT2D eigenvalue weighted by atomic mass is 19.1. The van der Waals surface area contributed by atoms with E-state index in [1.54, 1.807) is 18.7 Å². The molecule has 4 N–H and O–H groups in total. The van der Waals surface area contributed by atoms with Gasteiger partial charge in [-0.3, -0.25) is 34.6 Å². The number of nitrogens with one attached hydrogen (secondary N) is 2. The van der Waals surface area contributed by atoms with Crippen molar-refractivity contribution >= 4 is 72.7 Å². The number of carbonyl (C=O) groups excluding carboxylic acids is 3. The summed E-state index contributed by atoms with van der Waals surface area (Å²) < 4.78 is 98.4. The Balaban J connectivity index is 0.764. The summed E-state index contributed by atoms with van der Waals surface area (Å²) in [6.45, 7) is 7.98. The molecule has 16 rings (SSSR count). The molecule has 19 nitrogen and oxygen atoms in total. The molecule has 4 aromatic carbocycles. The second-order valence-corrected chi connectivity index (χ2v) is 27.9. The number of anilines is 2. The first-order valence-electron chi connectivity index (χ1n) is 33.0. The first-order valence-corrected chi connectivity index (χ1v) is 33.0. The minimum atomic E-state index is -1.38. The summed E-state index contributed by atoms with van der Waals surface area (Å²) in [5, 5.41) is 30.3. The molecule has 1 aliphatic carbocycles. The second-order valence-electron chi connectivity index (χ2n) is 27.9. The third-order valence-electron chi connectivity index (χ3n) is 21.8. The summed E-state index contributed by atoms with van der Waals surface area (Å²) in [4.78, 5) is 75.4. The third-order valence-corrected chi connectivity index (χ3v) is 21.8. The molecule has 24 heteroatoms. The van der Waals surface area contributed by atoms with E-state index >= 15 is 22.0 Å². The fourth-order valence-corrected chi connectivity index (χ4v) is 17.1. The van der Waals surface area contributed by atoms with E-state index in [-0.39, 0.29) is 131 Å². The molecular weight excluding hydrogens is 1220 g/mol. The van der Waals surface area contributed by atoms with Crippen LogP contribution in [0.2, 0.25) is 0 Å². The number of alkyl halides is 1. The maximum absolute atomic E-state index is 18.1. The number of benzene rings is 4. The molecule has 94 heavy (non-hydrogen) atoms. The number of aromatic nitrogens is 6. The molecule has 7 saturated heterocycles. The lowest BCUT2D eigenvalue weighted by atomic mass is 9.78. The van der Waals surface area contributed by atoms with Gasteiger partial charge < -0.3 is 39.7 Å². The molecular formula is C70H71F5N12O7. The molecule has 0 bridgehead atoms. The van der Waals surface area contributed by atoms with Gasteiger partial charge >= 0.3 is 12.0 Å². The smallest absolute Gasteiger partial charge is 0.319 e. The van der Waals surface area contributed by atoms with E-state index in [1.807, 2.05) is 9.80 Å². The van der Waals surface area contributed by atoms with Gasteiger partial charge in [0.25, 0.3) is 0 Å². The molecule has 8 aliphatic rings. The quantitative estimate of drug-likeness (QED) is 0.0425. The number of phenolic OH excluding ortho intramolecular Hbond substituents is 2. The van der Waals surface area contributed by atoms with E-state index in [0.717, 1.165) is 58.2 Å². The van der Waals surface area contributed by atoms with Crippen molar-refractivity contribution in [3.05, 3.63) is 94.8 Å². The Morgan fingerprint density at radius 3 is 1.93 bits per heavy atom. The molecule has 3 amide bonds. The summed E-state index contributed by atoms with van der Waals surface area (Å²) in [5.74, 6) is -3.59. The molecule has 2 unspecified atom stereocenters. The number of fused-ring (bicyclic) bond motifs is 5. The molecule has 11 heterocycles. The number of halogens is 5. The van der Waals surface area contributed by atoms with Crippen LogP contribution in [0.3, 0.4) is 0 Å². The zero-order valence-corrected chi connectivity index (χ0v) is 52.3. The molecule has 1 saturated carbocycles. The van der Waals surface area contributed by atoms with Gasteiger partial charge in [0.1, 0.15) is 70.0 Å². The number of β-lactam (4-membered cyclic amide) rings is 1. The third kappa shape index (κ3) is 10.0. The number of rotatable bonds is 15. The van der Waals surface area contributed by atoms with Crippen molar-refractivity contribution in [2.45, 2.75) is 133 Å². The molecule has 5 atom stereocenters. The molecule has 0 radical (unpaired) electrons. The average molecular weight is 1290 g/mol. The monoisotopic (exact) mass is 1290 g/mol. The number of likely N-dealkylation sites (tertiary alicyclic amines) is 1. The van der Waals surface area contributed by atoms with Gasteiger partial charge in [0.2, 0.25) is 17.7 Å². The lowest BCUT2D eigenvalue weighted by Crippen LogP contribution is -2.68. The first-order chi connectivity index (χ1) is 45.3. The minimum absolute atomic E-state index is 0.0000382. The average Bonchev–Trinajstić information content (AvgIpc) is 1.29. The summed E-state index contributed by atoms with van der Waals surface area (Å²) >= 11 is 0. The Morgan fingerprint density at radius 2 is 1.29 bits per heavy atom. The highest BCUT2D eigenvalue weighted by Crippen LogP contribution is 2.54. The number of phenols is 2. The van der Waals surface area contributed by atoms with Gasteiger partial charge in [-0.05, 0) is 165 Å². The van der Waals surface area contributed by atoms with Crippen molar-refractivity contribution in [3.8, 4) is 46.0 Å². The number of ether oxygens (including phenoxy) is 2. The Labute approximate surface area is 537 Å². The van der Waals surface area contributed by atoms with Gasteiger partial charge in [-0.15, -0.1) is 0 Å². The zero-order valence-electron chi connectivity index (χ0n) is 52.3. The number of nitrogens with zero attached hydrogens (tertiary/aromatic N) is 10. The fourth-order valence-electron chi connectivity index (χ4n) is 17.1. The standard InChI is InChI=1S/C70H71F5N12O7/c1-3-41-49(72)10-9-37-21-39(88)23-45(54(37)41)58-56(74)60-47(29-76-58)62(85-19-7-12-68(33-85)27-52(90)78-64(68)92)81-66(80-60)94-36-70-14-11-51(87(70)31-38(71)26-70)43-25-50(73)42(4-2)55-44(43)22-40(89)24-46(55)59-57(75)61-48(30-77-59)63(86-20-8-13-69(34-86)28-53(91)83-69)82-65(79-61)93-35-67(15-16-67)32-84-17-5-6-18-84/h9-10,21-25,29-30,38,51,88-89H,3-8,11-20,26-28,31-36H2,1-2H3,(H,83,91)(H,78,90,92)/t38-,51?,68?,69+,70+/m1/s1. The SMILES string of the molecule is CCc1c(F)ccc2cc(O)cc(-c3ncc4c(N5CCCC6(CC(=O)NC6=O)C5)nc(OC[C@@]56CCC(c7cc(F)c(CC)c8c(-c9ncc%10c(N%11CCC[C@]%12(CC(=O)N%12)C%11)nc(OCC%11(CN%12CCCC%12)CC%11)nc%10c9F)cc(O)cc78)N5C[C@H](F)C6)nc4c3F)c12. The van der Waals surface area contributed by atoms with E-state index in [0.29, 0.717) is 102 Å². The number of piperidine rings is 2. The Kier molecular flexibility index (Phi) is 14.4. The maximum atomic E-state index is 18.1. The van der Waals surface area contributed by atoms with Crippen LogP contribution in [0.5, 0.6) is 23.5 Å². The van der Waals surface area contributed by atoms with Crippen molar-refractivity contribution < 1.29 is 56.0 Å². The van der Waals surface area contributed by atoms with Crippen molar-refractivity contribution in [1.82, 2.24) is 50.3 Å². The summed E-state index contributed by atoms with van der Waals surface area (Å²) in [5.41, 5.74) is -2.21. The number of hydrogen-bond donors (Lipinski definition) is 4. The Morgan fingerprint density at radius 1 is 0.660 bits per heavy atom. The molecule has 488 valence electrons. The van der Waals surface area contributed by atoms with Crippen LogP contribution >= 0.6 is 0 Å². The minimum Gasteiger partial charge on any atom is -0.508 e. The first kappa shape index (κ1) is 60.3. The van der Waals surface area contributed by atoms with E-state index in [9.17, 15) is 24.6 Å². The normalized spacial score (nSPS) is 25.2. The molecule has 7 aliphatic heterocycles. The molecule has 2 spiro atoms. The Bertz CT molecular complexity index is 4530. The van der Waals surface area contributed by atoms with Crippen LogP contribution in [-0.4, -0.2) is 150 Å². The number of imide groups is 1. The van der Waals surface area contributed by atoms with Crippen molar-refractivity contribution in [2.24, 2.45) is 10.8 Å². The highest BCUT2D eigenvalue weighted by Gasteiger charge is 2.55. The topological polar surface area (TPSA) is 224 Å². The van der Waals surface area contributed by atoms with E-state index in [4.69, 9.17) is 34.4 Å². The van der Waals surface area contributed by atoms with Crippen LogP contribution in [0.4, 0.5) is 33.6 Å². The molecule has 4 aromatic heterocycles. The zero-order chi connectivity index (χ0) is 64.7. The van der Waals surface area contributed by atoms with Crippen LogP contribution in [0.15, 0.2) is 54.9 Å². The predicted octanol–water partition coefficient (Wildman–Crippen LogP) is 10.5. The van der Waals surface area contributed by atoms with E-state index in [2.05, 4.69) is 20.5 Å². The van der Waals surface area contributed by atoms with Gasteiger partial charge in [0, 0.05) is 87.1 Å². The van der Waals surface area contributed by atoms with Gasteiger partial charge in [0.05, 0.1) is 40.3 Å². The van der Waals surface area contributed by atoms with Crippen LogP contribution in [-0.2, 0) is 27.2 Å². The number of pyridine rings is 2. The molecule has 8 aromatic rings. The van der Waals surface area contributed by atoms with Crippen LogP contribution in [0.1, 0.15) is 120 Å². The lowest BCUT2D eigenvalue weighted by Gasteiger charge is -2.49. The number of aromatic hydroxyl groups is 2. The van der Waals surface area contributed by atoms with Crippen molar-refractivity contribution in [3.63, 3.8) is 0 Å². The second kappa shape index (κ2) is 22.5. The van der Waals surface area contributed by atoms with Crippen LogP contribution in [0.25, 0.3) is 65.9 Å². The van der Waals surface area contributed by atoms with Crippen LogP contribution in [0, 0.1) is 34.1 Å². The van der Waals surface area contributed by atoms with E-state index < -0.39 is 63.8 Å². The summed E-state index contributed by atoms with van der Waals surface area (Å²) in [6.07, 6.45) is 9.66. The molecule has 8 fully saturated rings. The summed E-state index contributed by atoms with van der Waals surface area (Å²) in [6, 6.07) is 8.94. The van der Waals surface area contributed by atoms with Gasteiger partial charge in [-0.2, -0.15) is 19.9 Å². The predicted molar refractivity (Wildman–Crippen MR) is 340 cm³/mol. The van der Waals surface area contributed by atoms with Gasteiger partial charge in [-0.1, -0.05) is 19.9 Å². The van der Waals surface area contributed by atoms with Gasteiger partial charge in [-0.25, -0.2) is 22.0 Å². The number of carbonyl (C=O) groups is 3. The number of hydrogen-bond acceptors (Lipinski definition) is 17. The largest absolute Gasteiger partial charge is 0.508 e. The van der Waals surface area contributed by atoms with Crippen molar-refractivity contribution in [2.75, 3.05) is 75.4 Å². The fraction of sp³-hybridized carbons (Fsp3) is 0.471. The van der Waals surface area contributed by atoms with Crippen LogP contribution < -0.4 is 29.9 Å². The van der Waals surface area contributed by atoms with E-state index in [1.165, 1.54) is 54.9 Å².